The zero-order valence-electron chi connectivity index (χ0n) is 11.8. The summed E-state index contributed by atoms with van der Waals surface area (Å²) in [6.07, 6.45) is -2.83. The summed E-state index contributed by atoms with van der Waals surface area (Å²) in [4.78, 5) is 2.34. The third-order valence-corrected chi connectivity index (χ3v) is 3.14. The highest BCUT2D eigenvalue weighted by molar-refractivity contribution is 4.63. The van der Waals surface area contributed by atoms with Crippen LogP contribution in [-0.2, 0) is 0 Å². The molecule has 18 heavy (non-hydrogen) atoms. The van der Waals surface area contributed by atoms with Gasteiger partial charge in [-0.25, -0.2) is 0 Å². The van der Waals surface area contributed by atoms with E-state index in [1.54, 1.807) is 0 Å². The summed E-state index contributed by atoms with van der Waals surface area (Å²) in [6.45, 7) is 10.3. The van der Waals surface area contributed by atoms with Gasteiger partial charge in [0.05, 0.1) is 0 Å². The van der Waals surface area contributed by atoms with E-state index >= 15 is 0 Å². The van der Waals surface area contributed by atoms with Crippen LogP contribution < -0.4 is 5.32 Å². The van der Waals surface area contributed by atoms with Crippen LogP contribution in [0.15, 0.2) is 0 Å². The molecule has 1 N–H and O–H groups in total. The number of hydrogen-bond donors (Lipinski definition) is 1. The zero-order valence-corrected chi connectivity index (χ0v) is 11.8. The molecule has 0 aliphatic rings. The predicted molar refractivity (Wildman–Crippen MR) is 69.8 cm³/mol. The molecule has 0 aromatic rings. The quantitative estimate of drug-likeness (QED) is 0.611. The lowest BCUT2D eigenvalue weighted by atomic mass is 10.1. The summed E-state index contributed by atoms with van der Waals surface area (Å²) in [5.74, 6) is 0. The summed E-state index contributed by atoms with van der Waals surface area (Å²) >= 11 is 0. The molecular weight excluding hydrogens is 241 g/mol. The summed E-state index contributed by atoms with van der Waals surface area (Å²) < 4.78 is 35.9. The van der Waals surface area contributed by atoms with Crippen LogP contribution in [0.25, 0.3) is 0 Å². The Hall–Kier alpha value is -0.290. The van der Waals surface area contributed by atoms with Crippen molar-refractivity contribution in [3.05, 3.63) is 0 Å². The lowest BCUT2D eigenvalue weighted by Crippen LogP contribution is -2.31. The number of halogens is 3. The van der Waals surface area contributed by atoms with Gasteiger partial charge in [-0.05, 0) is 52.4 Å². The highest BCUT2D eigenvalue weighted by atomic mass is 19.4. The van der Waals surface area contributed by atoms with Gasteiger partial charge in [-0.2, -0.15) is 13.2 Å². The Morgan fingerprint density at radius 3 is 2.22 bits per heavy atom. The summed E-state index contributed by atoms with van der Waals surface area (Å²) in [5.41, 5.74) is 0. The molecule has 5 heteroatoms. The topological polar surface area (TPSA) is 15.3 Å². The van der Waals surface area contributed by atoms with Crippen LogP contribution in [0.3, 0.4) is 0 Å². The fourth-order valence-corrected chi connectivity index (χ4v) is 1.90. The van der Waals surface area contributed by atoms with Crippen molar-refractivity contribution in [1.29, 1.82) is 0 Å². The Labute approximate surface area is 109 Å². The second kappa shape index (κ2) is 9.62. The van der Waals surface area contributed by atoms with Crippen molar-refractivity contribution in [1.82, 2.24) is 10.2 Å². The average Bonchev–Trinajstić information content (AvgIpc) is 2.27. The Bertz CT molecular complexity index is 191. The highest BCUT2D eigenvalue weighted by Crippen LogP contribution is 2.22. The molecule has 0 fully saturated rings. The molecule has 2 nitrogen and oxygen atoms in total. The van der Waals surface area contributed by atoms with E-state index in [-0.39, 0.29) is 12.5 Å². The number of nitrogens with one attached hydrogen (secondary N) is 1. The van der Waals surface area contributed by atoms with Crippen molar-refractivity contribution in [3.63, 3.8) is 0 Å². The number of nitrogens with zero attached hydrogens (tertiary/aromatic N) is 1. The molecule has 0 heterocycles. The van der Waals surface area contributed by atoms with Gasteiger partial charge in [-0.15, -0.1) is 0 Å². The molecule has 0 aliphatic carbocycles. The van der Waals surface area contributed by atoms with Crippen molar-refractivity contribution in [2.45, 2.75) is 58.7 Å². The SMILES string of the molecule is CCN(CC)CCCNC(C)CCCC(F)(F)F. The molecule has 1 atom stereocenters. The minimum atomic E-state index is -4.01. The van der Waals surface area contributed by atoms with Gasteiger partial charge >= 0.3 is 6.18 Å². The fraction of sp³-hybridized carbons (Fsp3) is 1.00. The average molecular weight is 268 g/mol. The lowest BCUT2D eigenvalue weighted by molar-refractivity contribution is -0.135. The normalized spacial score (nSPS) is 14.2. The van der Waals surface area contributed by atoms with Gasteiger partial charge in [0.1, 0.15) is 0 Å². The molecule has 0 bridgehead atoms. The van der Waals surface area contributed by atoms with Crippen LogP contribution >= 0.6 is 0 Å². The lowest BCUT2D eigenvalue weighted by Gasteiger charge is -2.19. The molecule has 110 valence electrons. The number of alkyl halides is 3. The first-order valence-electron chi connectivity index (χ1n) is 6.91. The second-order valence-electron chi connectivity index (χ2n) is 4.74. The monoisotopic (exact) mass is 268 g/mol. The highest BCUT2D eigenvalue weighted by Gasteiger charge is 2.26. The minimum absolute atomic E-state index is 0.170. The van der Waals surface area contributed by atoms with Gasteiger partial charge < -0.3 is 10.2 Å². The van der Waals surface area contributed by atoms with Crippen LogP contribution in [0.5, 0.6) is 0 Å². The summed E-state index contributed by atoms with van der Waals surface area (Å²) in [5, 5.41) is 3.28. The third kappa shape index (κ3) is 10.8. The van der Waals surface area contributed by atoms with E-state index in [0.29, 0.717) is 6.42 Å². The maximum absolute atomic E-state index is 12.0. The van der Waals surface area contributed by atoms with E-state index in [1.165, 1.54) is 0 Å². The maximum atomic E-state index is 12.0. The molecule has 0 saturated carbocycles. The van der Waals surface area contributed by atoms with Crippen LogP contribution in [0.4, 0.5) is 13.2 Å². The van der Waals surface area contributed by atoms with Gasteiger partial charge in [0, 0.05) is 12.5 Å². The van der Waals surface area contributed by atoms with Gasteiger partial charge in [-0.1, -0.05) is 13.8 Å². The smallest absolute Gasteiger partial charge is 0.314 e. The van der Waals surface area contributed by atoms with E-state index in [2.05, 4.69) is 24.1 Å². The van der Waals surface area contributed by atoms with Gasteiger partial charge in [-0.3, -0.25) is 0 Å². The number of hydrogen-bond acceptors (Lipinski definition) is 2. The molecule has 0 amide bonds. The Morgan fingerprint density at radius 2 is 1.72 bits per heavy atom. The largest absolute Gasteiger partial charge is 0.389 e. The predicted octanol–water partition coefficient (Wildman–Crippen LogP) is 3.43. The van der Waals surface area contributed by atoms with E-state index in [0.717, 1.165) is 32.6 Å². The van der Waals surface area contributed by atoms with Gasteiger partial charge in [0.15, 0.2) is 0 Å². The molecule has 0 saturated heterocycles. The van der Waals surface area contributed by atoms with Crippen molar-refractivity contribution >= 4 is 0 Å². The first kappa shape index (κ1) is 17.7. The molecule has 0 aromatic carbocycles. The Kier molecular flexibility index (Phi) is 9.46. The molecule has 0 aliphatic heterocycles. The Morgan fingerprint density at radius 1 is 1.11 bits per heavy atom. The van der Waals surface area contributed by atoms with E-state index in [4.69, 9.17) is 0 Å². The first-order valence-corrected chi connectivity index (χ1v) is 6.91. The third-order valence-electron chi connectivity index (χ3n) is 3.14. The zero-order chi connectivity index (χ0) is 14.0. The second-order valence-corrected chi connectivity index (χ2v) is 4.74. The molecular formula is C13H27F3N2. The van der Waals surface area contributed by atoms with E-state index < -0.39 is 12.6 Å². The van der Waals surface area contributed by atoms with Gasteiger partial charge in [0.2, 0.25) is 0 Å². The van der Waals surface area contributed by atoms with Crippen LogP contribution in [0.2, 0.25) is 0 Å². The molecule has 0 aromatic heterocycles. The molecule has 0 radical (unpaired) electrons. The van der Waals surface area contributed by atoms with Gasteiger partial charge in [0.25, 0.3) is 0 Å². The number of rotatable bonds is 10. The summed E-state index contributed by atoms with van der Waals surface area (Å²) in [6, 6.07) is 0.170. The van der Waals surface area contributed by atoms with E-state index in [9.17, 15) is 13.2 Å². The van der Waals surface area contributed by atoms with Crippen molar-refractivity contribution < 1.29 is 13.2 Å². The first-order chi connectivity index (χ1) is 8.39. The fourth-order valence-electron chi connectivity index (χ4n) is 1.90. The minimum Gasteiger partial charge on any atom is -0.314 e. The Balaban J connectivity index is 3.45. The van der Waals surface area contributed by atoms with Crippen LogP contribution in [0.1, 0.15) is 46.5 Å². The molecule has 0 spiro atoms. The molecule has 0 rings (SSSR count). The maximum Gasteiger partial charge on any atom is 0.389 e. The van der Waals surface area contributed by atoms with Crippen molar-refractivity contribution in [2.24, 2.45) is 0 Å². The van der Waals surface area contributed by atoms with Crippen molar-refractivity contribution in [2.75, 3.05) is 26.2 Å². The van der Waals surface area contributed by atoms with E-state index in [1.807, 2.05) is 6.92 Å². The van der Waals surface area contributed by atoms with Crippen LogP contribution in [-0.4, -0.2) is 43.3 Å². The molecule has 1 unspecified atom stereocenters. The van der Waals surface area contributed by atoms with Crippen LogP contribution in [0, 0.1) is 0 Å². The van der Waals surface area contributed by atoms with Crippen molar-refractivity contribution in [3.8, 4) is 0 Å². The standard InChI is InChI=1S/C13H27F3N2/c1-4-18(5-2)11-7-10-17-12(3)8-6-9-13(14,15)16/h12,17H,4-11H2,1-3H3. The summed E-state index contributed by atoms with van der Waals surface area (Å²) in [7, 11) is 0.